The highest BCUT2D eigenvalue weighted by Gasteiger charge is 2.44. The van der Waals surface area contributed by atoms with Crippen LogP contribution in [0.3, 0.4) is 0 Å². The average Bonchev–Trinajstić information content (AvgIpc) is 2.92. The minimum absolute atomic E-state index is 0.0883. The zero-order chi connectivity index (χ0) is 26.8. The van der Waals surface area contributed by atoms with Crippen LogP contribution in [0.2, 0.25) is 0 Å². The number of pyridine rings is 1. The van der Waals surface area contributed by atoms with E-state index in [1.807, 2.05) is 6.08 Å². The number of hydrogen-bond donors (Lipinski definition) is 3. The van der Waals surface area contributed by atoms with Gasteiger partial charge in [0.1, 0.15) is 11.9 Å². The quantitative estimate of drug-likeness (QED) is 0.132. The summed E-state index contributed by atoms with van der Waals surface area (Å²) in [5.74, 6) is -0.160. The number of carbonyl (C=O) groups is 2. The number of carbonyl (C=O) groups excluding carboxylic acids is 1. The maximum absolute atomic E-state index is 13.1. The lowest BCUT2D eigenvalue weighted by molar-refractivity contribution is -0.151. The van der Waals surface area contributed by atoms with Crippen LogP contribution in [0.15, 0.2) is 67.4 Å². The molecule has 3 aromatic rings. The van der Waals surface area contributed by atoms with Crippen LogP contribution in [-0.2, 0) is 9.53 Å². The molecule has 196 valence electrons. The van der Waals surface area contributed by atoms with Crippen LogP contribution in [0.1, 0.15) is 30.1 Å². The second kappa shape index (κ2) is 10.5. The molecular formula is C29H28N2O7. The van der Waals surface area contributed by atoms with Crippen molar-refractivity contribution in [1.82, 2.24) is 9.88 Å². The van der Waals surface area contributed by atoms with Crippen LogP contribution in [0.5, 0.6) is 17.2 Å². The van der Waals surface area contributed by atoms with Crippen molar-refractivity contribution in [3.63, 3.8) is 0 Å². The predicted molar refractivity (Wildman–Crippen MR) is 140 cm³/mol. The second-order valence-corrected chi connectivity index (χ2v) is 9.63. The maximum Gasteiger partial charge on any atom is 0.511 e. The van der Waals surface area contributed by atoms with Gasteiger partial charge in [-0.1, -0.05) is 12.1 Å². The number of benzene rings is 2. The van der Waals surface area contributed by atoms with Gasteiger partial charge < -0.3 is 24.8 Å². The van der Waals surface area contributed by atoms with Gasteiger partial charge in [0.15, 0.2) is 11.5 Å². The van der Waals surface area contributed by atoms with Crippen LogP contribution < -0.4 is 4.74 Å². The number of nitrogens with zero attached hydrogens (tertiary/aromatic N) is 2. The Bertz CT molecular complexity index is 1420. The molecule has 3 saturated heterocycles. The van der Waals surface area contributed by atoms with Crippen molar-refractivity contribution < 1.29 is 34.4 Å². The normalized spacial score (nSPS) is 23.3. The minimum atomic E-state index is -1.42. The molecule has 5 atom stereocenters. The first-order valence-electron chi connectivity index (χ1n) is 12.4. The Morgan fingerprint density at radius 3 is 2.68 bits per heavy atom. The van der Waals surface area contributed by atoms with Crippen LogP contribution in [-0.4, -0.2) is 56.5 Å². The smallest absolute Gasteiger partial charge is 0.504 e. The summed E-state index contributed by atoms with van der Waals surface area (Å²) in [5, 5.41) is 29.0. The molecular weight excluding hydrogens is 488 g/mol. The molecule has 3 aliphatic heterocycles. The molecule has 2 bridgehead atoms. The molecule has 4 heterocycles. The third kappa shape index (κ3) is 5.19. The van der Waals surface area contributed by atoms with Gasteiger partial charge in [0.2, 0.25) is 0 Å². The molecule has 38 heavy (non-hydrogen) atoms. The fourth-order valence-corrected chi connectivity index (χ4v) is 5.57. The van der Waals surface area contributed by atoms with Gasteiger partial charge in [-0.3, -0.25) is 9.88 Å². The molecule has 9 heteroatoms. The molecule has 0 spiro atoms. The number of phenols is 2. The summed E-state index contributed by atoms with van der Waals surface area (Å²) in [6, 6.07) is 10.8. The molecule has 3 N–H and O–H groups in total. The van der Waals surface area contributed by atoms with Crippen molar-refractivity contribution in [2.24, 2.45) is 11.8 Å². The number of esters is 1. The Kier molecular flexibility index (Phi) is 7.02. The van der Waals surface area contributed by atoms with Crippen LogP contribution in [0.25, 0.3) is 17.0 Å². The van der Waals surface area contributed by atoms with Gasteiger partial charge in [-0.25, -0.2) is 9.59 Å². The van der Waals surface area contributed by atoms with Gasteiger partial charge in [0, 0.05) is 29.8 Å². The van der Waals surface area contributed by atoms with E-state index in [2.05, 4.69) is 16.5 Å². The Morgan fingerprint density at radius 2 is 1.97 bits per heavy atom. The molecule has 2 aromatic carbocycles. The number of fused-ring (bicyclic) bond motifs is 4. The third-order valence-electron chi connectivity index (χ3n) is 7.42. The van der Waals surface area contributed by atoms with Gasteiger partial charge in [0.25, 0.3) is 0 Å². The molecule has 9 nitrogen and oxygen atoms in total. The third-order valence-corrected chi connectivity index (χ3v) is 7.42. The van der Waals surface area contributed by atoms with Crippen molar-refractivity contribution in [1.29, 1.82) is 0 Å². The van der Waals surface area contributed by atoms with Gasteiger partial charge >= 0.3 is 12.1 Å². The van der Waals surface area contributed by atoms with Gasteiger partial charge in [-0.2, -0.15) is 0 Å². The molecule has 0 saturated carbocycles. The van der Waals surface area contributed by atoms with E-state index in [0.29, 0.717) is 33.9 Å². The lowest BCUT2D eigenvalue weighted by Crippen LogP contribution is -2.55. The highest BCUT2D eigenvalue weighted by molar-refractivity contribution is 5.88. The Labute approximate surface area is 219 Å². The summed E-state index contributed by atoms with van der Waals surface area (Å²) in [6.45, 7) is 5.70. The SMILES string of the molecule is C=C[C@H]1CN2CC[C@H]1C[C@H]2[C@H](OC(=O)C=Cc1ccc(O)c(O)c1)c1ccnc2ccc(OC(=O)O)cc12. The highest BCUT2D eigenvalue weighted by Crippen LogP contribution is 2.43. The topological polar surface area (TPSA) is 129 Å². The molecule has 1 aromatic heterocycles. The minimum Gasteiger partial charge on any atom is -0.504 e. The first kappa shape index (κ1) is 25.3. The van der Waals surface area contributed by atoms with Gasteiger partial charge in [0.05, 0.1) is 11.6 Å². The fourth-order valence-electron chi connectivity index (χ4n) is 5.57. The molecule has 0 amide bonds. The first-order chi connectivity index (χ1) is 18.3. The Morgan fingerprint density at radius 1 is 1.13 bits per heavy atom. The summed E-state index contributed by atoms with van der Waals surface area (Å²) >= 11 is 0. The van der Waals surface area contributed by atoms with E-state index in [-0.39, 0.29) is 23.3 Å². The van der Waals surface area contributed by atoms with Gasteiger partial charge in [-0.15, -0.1) is 6.58 Å². The molecule has 0 radical (unpaired) electrons. The van der Waals surface area contributed by atoms with Crippen molar-refractivity contribution in [2.45, 2.75) is 25.0 Å². The maximum atomic E-state index is 13.1. The number of aromatic nitrogens is 1. The van der Waals surface area contributed by atoms with E-state index in [1.165, 1.54) is 30.4 Å². The molecule has 1 unspecified atom stereocenters. The number of aromatic hydroxyl groups is 2. The summed E-state index contributed by atoms with van der Waals surface area (Å²) in [5.41, 5.74) is 1.85. The summed E-state index contributed by atoms with van der Waals surface area (Å²) in [4.78, 5) is 31.0. The number of ether oxygens (including phenoxy) is 2. The van der Waals surface area contributed by atoms with Gasteiger partial charge in [-0.05, 0) is 79.3 Å². The summed E-state index contributed by atoms with van der Waals surface area (Å²) in [6.07, 6.45) is 6.22. The Hall–Kier alpha value is -4.37. The lowest BCUT2D eigenvalue weighted by Gasteiger charge is -2.51. The molecule has 3 fully saturated rings. The first-order valence-corrected chi connectivity index (χ1v) is 12.4. The molecule has 3 aliphatic rings. The van der Waals surface area contributed by atoms with Crippen LogP contribution in [0, 0.1) is 11.8 Å². The van der Waals surface area contributed by atoms with E-state index in [4.69, 9.17) is 14.6 Å². The van der Waals surface area contributed by atoms with E-state index in [9.17, 15) is 19.8 Å². The van der Waals surface area contributed by atoms with Crippen molar-refractivity contribution in [3.05, 3.63) is 78.5 Å². The fraction of sp³-hybridized carbons (Fsp3) is 0.276. The van der Waals surface area contributed by atoms with Crippen LogP contribution in [0.4, 0.5) is 4.79 Å². The lowest BCUT2D eigenvalue weighted by atomic mass is 9.73. The summed E-state index contributed by atoms with van der Waals surface area (Å²) < 4.78 is 11.0. The van der Waals surface area contributed by atoms with E-state index in [1.54, 1.807) is 30.5 Å². The van der Waals surface area contributed by atoms with E-state index < -0.39 is 18.2 Å². The monoisotopic (exact) mass is 516 g/mol. The zero-order valence-corrected chi connectivity index (χ0v) is 20.6. The molecule has 0 aliphatic carbocycles. The highest BCUT2D eigenvalue weighted by atomic mass is 16.7. The average molecular weight is 517 g/mol. The number of carboxylic acid groups (broad SMARTS) is 1. The zero-order valence-electron chi connectivity index (χ0n) is 20.6. The van der Waals surface area contributed by atoms with E-state index in [0.717, 1.165) is 25.9 Å². The van der Waals surface area contributed by atoms with Crippen molar-refractivity contribution >= 4 is 29.1 Å². The number of phenolic OH excluding ortho intramolecular Hbond substituents is 2. The number of rotatable bonds is 7. The Balaban J connectivity index is 1.50. The van der Waals surface area contributed by atoms with E-state index >= 15 is 0 Å². The number of piperidine rings is 3. The summed E-state index contributed by atoms with van der Waals surface area (Å²) in [7, 11) is 0. The largest absolute Gasteiger partial charge is 0.511 e. The number of hydrogen-bond acceptors (Lipinski definition) is 8. The van der Waals surface area contributed by atoms with Crippen LogP contribution >= 0.6 is 0 Å². The predicted octanol–water partition coefficient (Wildman–Crippen LogP) is 4.90. The second-order valence-electron chi connectivity index (χ2n) is 9.63. The van der Waals surface area contributed by atoms with Crippen molar-refractivity contribution in [3.8, 4) is 17.2 Å². The molecule has 6 rings (SSSR count). The standard InChI is InChI=1S/C29H28N2O7/c1-2-18-16-31-12-10-19(18)14-24(31)28(38-27(34)8-4-17-3-7-25(32)26(33)13-17)21-9-11-30-23-6-5-20(15-22(21)23)37-29(35)36/h2-9,11,13,15,18-19,24,28,32-33H,1,10,12,14,16H2,(H,35,36)/t18-,19-,24-,28+/m0/s1. The van der Waals surface area contributed by atoms with Crippen molar-refractivity contribution in [2.75, 3.05) is 13.1 Å².